The van der Waals surface area contributed by atoms with E-state index in [1.54, 1.807) is 13.4 Å². The molecule has 1 aromatic rings. The van der Waals surface area contributed by atoms with Gasteiger partial charge in [0.15, 0.2) is 0 Å². The van der Waals surface area contributed by atoms with Crippen molar-refractivity contribution >= 4 is 16.8 Å². The van der Waals surface area contributed by atoms with Crippen molar-refractivity contribution in [1.29, 1.82) is 0 Å². The molecule has 128 valence electrons. The molecule has 0 unspecified atom stereocenters. The zero-order valence-corrected chi connectivity index (χ0v) is 14.9. The van der Waals surface area contributed by atoms with E-state index >= 15 is 0 Å². The molecule has 0 heterocycles. The Morgan fingerprint density at radius 2 is 2.26 bits per heavy atom. The van der Waals surface area contributed by atoms with Crippen LogP contribution in [-0.4, -0.2) is 41.9 Å². The van der Waals surface area contributed by atoms with Crippen LogP contribution in [0, 0.1) is 0 Å². The Hall–Kier alpha value is -1.56. The maximum atomic E-state index is 11.9. The summed E-state index contributed by atoms with van der Waals surface area (Å²) in [4.78, 5) is 11.9. The van der Waals surface area contributed by atoms with Gasteiger partial charge in [0.05, 0.1) is 7.11 Å². The Kier molecular flexibility index (Phi) is 6.45. The van der Waals surface area contributed by atoms with Gasteiger partial charge in [-0.25, -0.2) is 4.79 Å². The predicted molar refractivity (Wildman–Crippen MR) is 93.6 cm³/mol. The van der Waals surface area contributed by atoms with Gasteiger partial charge in [-0.05, 0) is 49.4 Å². The zero-order valence-electron chi connectivity index (χ0n) is 14.1. The molecular weight excluding hydrogens is 312 g/mol. The molecule has 3 atom stereocenters. The van der Waals surface area contributed by atoms with E-state index in [0.29, 0.717) is 18.2 Å². The number of carbonyl (C=O) groups excluding carboxylic acids is 1. The van der Waals surface area contributed by atoms with Crippen molar-refractivity contribution in [3.8, 4) is 5.75 Å². The highest BCUT2D eigenvalue weighted by molar-refractivity contribution is 7.84. The van der Waals surface area contributed by atoms with E-state index in [1.807, 2.05) is 13.0 Å². The van der Waals surface area contributed by atoms with Crippen LogP contribution in [0.3, 0.4) is 0 Å². The van der Waals surface area contributed by atoms with Crippen molar-refractivity contribution in [3.05, 3.63) is 29.3 Å². The maximum absolute atomic E-state index is 11.9. The summed E-state index contributed by atoms with van der Waals surface area (Å²) in [5, 5.41) is 5.78. The summed E-state index contributed by atoms with van der Waals surface area (Å²) in [7, 11) is 0.771. The summed E-state index contributed by atoms with van der Waals surface area (Å²) in [6, 6.07) is 5.91. The minimum absolute atomic E-state index is 0.0938. The molecule has 0 saturated heterocycles. The minimum atomic E-state index is -0.908. The molecule has 23 heavy (non-hydrogen) atoms. The summed E-state index contributed by atoms with van der Waals surface area (Å²) in [5.74, 6) is 1.70. The second kappa shape index (κ2) is 8.34. The average molecular weight is 338 g/mol. The van der Waals surface area contributed by atoms with E-state index in [-0.39, 0.29) is 12.1 Å². The molecule has 0 fully saturated rings. The number of aryl methyl sites for hydroxylation is 1. The first-order valence-electron chi connectivity index (χ1n) is 8.00. The molecule has 1 aliphatic rings. The summed E-state index contributed by atoms with van der Waals surface area (Å²) < 4.78 is 16.4. The summed E-state index contributed by atoms with van der Waals surface area (Å²) >= 11 is 0. The monoisotopic (exact) mass is 338 g/mol. The van der Waals surface area contributed by atoms with E-state index in [4.69, 9.17) is 4.74 Å². The normalized spacial score (nSPS) is 19.3. The standard InChI is InChI=1S/C17H26N2O3S/c1-12(11-23(3)21)19-17(20)18-10-14-6-4-5-13-9-15(22-2)7-8-16(13)14/h7-9,12,14H,4-6,10-11H2,1-3H3,(H2,18,19,20)/t12-,14-,23-/m1/s1. The highest BCUT2D eigenvalue weighted by Gasteiger charge is 2.21. The Morgan fingerprint density at radius 1 is 1.48 bits per heavy atom. The van der Waals surface area contributed by atoms with Crippen molar-refractivity contribution in [1.82, 2.24) is 10.6 Å². The van der Waals surface area contributed by atoms with Crippen molar-refractivity contribution in [2.24, 2.45) is 0 Å². The molecule has 0 aromatic heterocycles. The topological polar surface area (TPSA) is 67.4 Å². The fourth-order valence-electron chi connectivity index (χ4n) is 3.11. The van der Waals surface area contributed by atoms with Gasteiger partial charge in [0, 0.05) is 41.3 Å². The zero-order chi connectivity index (χ0) is 16.8. The summed E-state index contributed by atoms with van der Waals surface area (Å²) in [5.41, 5.74) is 2.62. The van der Waals surface area contributed by atoms with Crippen molar-refractivity contribution < 1.29 is 13.7 Å². The van der Waals surface area contributed by atoms with Gasteiger partial charge >= 0.3 is 6.03 Å². The lowest BCUT2D eigenvalue weighted by Crippen LogP contribution is -2.44. The number of benzene rings is 1. The number of nitrogens with one attached hydrogen (secondary N) is 2. The molecule has 1 aliphatic carbocycles. The third kappa shape index (κ3) is 5.23. The second-order valence-electron chi connectivity index (χ2n) is 6.15. The number of amides is 2. The Morgan fingerprint density at radius 3 is 2.96 bits per heavy atom. The molecule has 6 heteroatoms. The molecule has 5 nitrogen and oxygen atoms in total. The van der Waals surface area contributed by atoms with Gasteiger partial charge in [-0.2, -0.15) is 0 Å². The number of hydrogen-bond acceptors (Lipinski definition) is 3. The van der Waals surface area contributed by atoms with Gasteiger partial charge in [0.2, 0.25) is 0 Å². The third-order valence-corrected chi connectivity index (χ3v) is 5.13. The van der Waals surface area contributed by atoms with Crippen LogP contribution in [-0.2, 0) is 17.2 Å². The second-order valence-corrected chi connectivity index (χ2v) is 7.63. The first kappa shape index (κ1) is 17.8. The molecule has 1 aromatic carbocycles. The van der Waals surface area contributed by atoms with E-state index in [2.05, 4.69) is 22.8 Å². The van der Waals surface area contributed by atoms with Crippen LogP contribution in [0.2, 0.25) is 0 Å². The summed E-state index contributed by atoms with van der Waals surface area (Å²) in [6.45, 7) is 2.48. The molecule has 2 rings (SSSR count). The number of urea groups is 1. The number of methoxy groups -OCH3 is 1. The van der Waals surface area contributed by atoms with Crippen molar-refractivity contribution in [3.63, 3.8) is 0 Å². The van der Waals surface area contributed by atoms with E-state index in [9.17, 15) is 9.00 Å². The van der Waals surface area contributed by atoms with Crippen LogP contribution < -0.4 is 15.4 Å². The smallest absolute Gasteiger partial charge is 0.315 e. The fraction of sp³-hybridized carbons (Fsp3) is 0.588. The minimum Gasteiger partial charge on any atom is -0.497 e. The number of carbonyl (C=O) groups is 1. The Bertz CT molecular complexity index is 577. The van der Waals surface area contributed by atoms with Gasteiger partial charge in [-0.15, -0.1) is 0 Å². The van der Waals surface area contributed by atoms with Crippen LogP contribution in [0.5, 0.6) is 5.75 Å². The molecule has 0 spiro atoms. The van der Waals surface area contributed by atoms with Crippen LogP contribution in [0.1, 0.15) is 36.8 Å². The van der Waals surface area contributed by atoms with Gasteiger partial charge in [-0.3, -0.25) is 4.21 Å². The molecule has 2 amide bonds. The molecule has 0 bridgehead atoms. The lowest BCUT2D eigenvalue weighted by molar-refractivity contribution is 0.237. The lowest BCUT2D eigenvalue weighted by Gasteiger charge is -2.26. The molecule has 0 aliphatic heterocycles. The van der Waals surface area contributed by atoms with Crippen LogP contribution in [0.4, 0.5) is 4.79 Å². The Balaban J connectivity index is 1.90. The SMILES string of the molecule is COc1ccc2c(c1)CCC[C@@H]2CNC(=O)N[C@H](C)C[S@@](C)=O. The van der Waals surface area contributed by atoms with E-state index in [1.165, 1.54) is 11.1 Å². The van der Waals surface area contributed by atoms with Gasteiger partial charge in [0.1, 0.15) is 5.75 Å². The highest BCUT2D eigenvalue weighted by Crippen LogP contribution is 2.33. The maximum Gasteiger partial charge on any atom is 0.315 e. The molecule has 2 N–H and O–H groups in total. The largest absolute Gasteiger partial charge is 0.497 e. The average Bonchev–Trinajstić information content (AvgIpc) is 2.51. The van der Waals surface area contributed by atoms with Crippen LogP contribution in [0.15, 0.2) is 18.2 Å². The number of fused-ring (bicyclic) bond motifs is 1. The molecular formula is C17H26N2O3S. The van der Waals surface area contributed by atoms with E-state index < -0.39 is 10.8 Å². The fourth-order valence-corrected chi connectivity index (χ4v) is 3.90. The number of rotatable bonds is 6. The predicted octanol–water partition coefficient (Wildman–Crippen LogP) is 2.18. The van der Waals surface area contributed by atoms with Gasteiger partial charge in [-0.1, -0.05) is 6.07 Å². The first-order valence-corrected chi connectivity index (χ1v) is 9.73. The molecule has 0 radical (unpaired) electrons. The van der Waals surface area contributed by atoms with Crippen LogP contribution in [0.25, 0.3) is 0 Å². The quantitative estimate of drug-likeness (QED) is 0.835. The molecule has 0 saturated carbocycles. The van der Waals surface area contributed by atoms with Crippen molar-refractivity contribution in [2.45, 2.75) is 38.1 Å². The number of hydrogen-bond donors (Lipinski definition) is 2. The highest BCUT2D eigenvalue weighted by atomic mass is 32.2. The lowest BCUT2D eigenvalue weighted by atomic mass is 9.82. The van der Waals surface area contributed by atoms with Gasteiger partial charge in [0.25, 0.3) is 0 Å². The first-order chi connectivity index (χ1) is 11.0. The van der Waals surface area contributed by atoms with Crippen LogP contribution >= 0.6 is 0 Å². The Labute approximate surface area is 140 Å². The number of ether oxygens (including phenoxy) is 1. The third-order valence-electron chi connectivity index (χ3n) is 4.16. The van der Waals surface area contributed by atoms with Gasteiger partial charge < -0.3 is 15.4 Å². The summed E-state index contributed by atoms with van der Waals surface area (Å²) in [6.07, 6.45) is 4.91. The van der Waals surface area contributed by atoms with E-state index in [0.717, 1.165) is 25.0 Å². The van der Waals surface area contributed by atoms with Crippen molar-refractivity contribution in [2.75, 3.05) is 25.7 Å².